The lowest BCUT2D eigenvalue weighted by Crippen LogP contribution is -2.44. The van der Waals surface area contributed by atoms with Gasteiger partial charge in [-0.1, -0.05) is 6.92 Å². The van der Waals surface area contributed by atoms with E-state index < -0.39 is 6.10 Å². The Morgan fingerprint density at radius 3 is 3.00 bits per heavy atom. The molecule has 0 radical (unpaired) electrons. The molecule has 1 aromatic carbocycles. The molecule has 5 atom stereocenters. The van der Waals surface area contributed by atoms with Crippen LogP contribution in [-0.4, -0.2) is 40.7 Å². The second-order valence-electron chi connectivity index (χ2n) is 8.06. The summed E-state index contributed by atoms with van der Waals surface area (Å²) in [6.45, 7) is 2.85. The fourth-order valence-corrected chi connectivity index (χ4v) is 5.57. The monoisotopic (exact) mass is 370 g/mol. The number of hydrogen-bond donors (Lipinski definition) is 2. The number of H-pyrrole nitrogens is 1. The highest BCUT2D eigenvalue weighted by Crippen LogP contribution is 2.54. The maximum Gasteiger partial charge on any atom is 0.335 e. The first kappa shape index (κ1) is 16.8. The lowest BCUT2D eigenvalue weighted by atomic mass is 9.74. The maximum atomic E-state index is 13.7. The third-order valence-electron chi connectivity index (χ3n) is 6.84. The van der Waals surface area contributed by atoms with Crippen LogP contribution in [0.15, 0.2) is 30.0 Å². The molecule has 0 amide bonds. The Kier molecular flexibility index (Phi) is 3.63. The highest BCUT2D eigenvalue weighted by Gasteiger charge is 2.53. The lowest BCUT2D eigenvalue weighted by Gasteiger charge is -2.46. The van der Waals surface area contributed by atoms with Gasteiger partial charge in [-0.15, -0.1) is 0 Å². The molecule has 5 nitrogen and oxygen atoms in total. The molecular weight excluding hydrogens is 347 g/mol. The summed E-state index contributed by atoms with van der Waals surface area (Å²) in [5.41, 5.74) is 3.80. The van der Waals surface area contributed by atoms with Crippen molar-refractivity contribution in [1.29, 1.82) is 0 Å². The van der Waals surface area contributed by atoms with E-state index in [0.717, 1.165) is 29.6 Å². The minimum Gasteiger partial charge on any atom is -0.466 e. The molecule has 1 aliphatic carbocycles. The van der Waals surface area contributed by atoms with Gasteiger partial charge in [-0.2, -0.15) is 0 Å². The van der Waals surface area contributed by atoms with Gasteiger partial charge in [0.25, 0.3) is 0 Å². The summed E-state index contributed by atoms with van der Waals surface area (Å²) in [6.07, 6.45) is 2.88. The number of halogens is 1. The number of benzene rings is 1. The molecule has 142 valence electrons. The number of aromatic amines is 1. The van der Waals surface area contributed by atoms with Gasteiger partial charge in [0.15, 0.2) is 0 Å². The topological polar surface area (TPSA) is 65.6 Å². The number of aromatic nitrogens is 1. The van der Waals surface area contributed by atoms with E-state index in [0.29, 0.717) is 12.0 Å². The van der Waals surface area contributed by atoms with Crippen molar-refractivity contribution in [3.63, 3.8) is 0 Å². The summed E-state index contributed by atoms with van der Waals surface area (Å²) >= 11 is 0. The standard InChI is InChI=1S/C21H23FN2O3/c1-10-17(25)8-14-15(21(26)27-2)9-24-6-5-13-12-4-3-11(22)7-16(12)23-19(13)20(24)18(10)14/h3-4,7,9-10,14,17-18,20,23,25H,5-6,8H2,1-2H3/t10-,14+,17-,18+,20-/m0/s1. The van der Waals surface area contributed by atoms with E-state index in [-0.39, 0.29) is 35.6 Å². The van der Waals surface area contributed by atoms with Gasteiger partial charge in [-0.3, -0.25) is 0 Å². The van der Waals surface area contributed by atoms with Crippen molar-refractivity contribution in [2.45, 2.75) is 31.9 Å². The lowest BCUT2D eigenvalue weighted by molar-refractivity contribution is -0.137. The van der Waals surface area contributed by atoms with Gasteiger partial charge in [0, 0.05) is 35.3 Å². The number of rotatable bonds is 1. The molecular formula is C21H23FN2O3. The zero-order chi connectivity index (χ0) is 18.9. The molecule has 6 heteroatoms. The van der Waals surface area contributed by atoms with E-state index in [1.165, 1.54) is 18.7 Å². The summed E-state index contributed by atoms with van der Waals surface area (Å²) < 4.78 is 18.7. The van der Waals surface area contributed by atoms with Crippen LogP contribution in [0.2, 0.25) is 0 Å². The number of aliphatic hydroxyl groups excluding tert-OH is 1. The first-order valence-electron chi connectivity index (χ1n) is 9.53. The molecule has 0 unspecified atom stereocenters. The molecule has 0 bridgehead atoms. The smallest absolute Gasteiger partial charge is 0.335 e. The summed E-state index contributed by atoms with van der Waals surface area (Å²) in [7, 11) is 1.40. The van der Waals surface area contributed by atoms with E-state index in [1.54, 1.807) is 6.07 Å². The Hall–Kier alpha value is -2.34. The predicted molar refractivity (Wildman–Crippen MR) is 98.3 cm³/mol. The molecule has 0 saturated heterocycles. The summed E-state index contributed by atoms with van der Waals surface area (Å²) in [5.74, 6) is -0.426. The molecule has 1 saturated carbocycles. The van der Waals surface area contributed by atoms with Crippen LogP contribution in [0, 0.1) is 23.6 Å². The summed E-state index contributed by atoms with van der Waals surface area (Å²) in [4.78, 5) is 18.0. The largest absolute Gasteiger partial charge is 0.466 e. The van der Waals surface area contributed by atoms with Crippen molar-refractivity contribution < 1.29 is 19.0 Å². The van der Waals surface area contributed by atoms with Crippen LogP contribution in [0.5, 0.6) is 0 Å². The Morgan fingerprint density at radius 2 is 2.22 bits per heavy atom. The van der Waals surface area contributed by atoms with E-state index in [4.69, 9.17) is 4.74 Å². The van der Waals surface area contributed by atoms with Crippen LogP contribution in [0.4, 0.5) is 4.39 Å². The minimum absolute atomic E-state index is 0.0298. The fraction of sp³-hybridized carbons (Fsp3) is 0.476. The van der Waals surface area contributed by atoms with Crippen molar-refractivity contribution in [3.05, 3.63) is 47.0 Å². The first-order valence-corrected chi connectivity index (χ1v) is 9.53. The Balaban J connectivity index is 1.68. The zero-order valence-corrected chi connectivity index (χ0v) is 15.4. The molecule has 1 fully saturated rings. The van der Waals surface area contributed by atoms with Crippen LogP contribution in [-0.2, 0) is 16.0 Å². The normalized spacial score (nSPS) is 31.9. The van der Waals surface area contributed by atoms with Gasteiger partial charge in [0.1, 0.15) is 5.82 Å². The molecule has 5 rings (SSSR count). The third kappa shape index (κ3) is 2.29. The molecule has 2 N–H and O–H groups in total. The van der Waals surface area contributed by atoms with Crippen molar-refractivity contribution in [1.82, 2.24) is 9.88 Å². The predicted octanol–water partition coefficient (Wildman–Crippen LogP) is 2.91. The maximum absolute atomic E-state index is 13.7. The van der Waals surface area contributed by atoms with Gasteiger partial charge >= 0.3 is 5.97 Å². The van der Waals surface area contributed by atoms with Crippen LogP contribution in [0.1, 0.15) is 30.6 Å². The van der Waals surface area contributed by atoms with Gasteiger partial charge in [0.05, 0.1) is 24.8 Å². The second kappa shape index (κ2) is 5.83. The van der Waals surface area contributed by atoms with Crippen molar-refractivity contribution in [2.75, 3.05) is 13.7 Å². The van der Waals surface area contributed by atoms with Crippen LogP contribution in [0.25, 0.3) is 10.9 Å². The van der Waals surface area contributed by atoms with E-state index in [2.05, 4.69) is 16.8 Å². The Morgan fingerprint density at radius 1 is 1.41 bits per heavy atom. The molecule has 27 heavy (non-hydrogen) atoms. The van der Waals surface area contributed by atoms with Gasteiger partial charge in [-0.25, -0.2) is 9.18 Å². The summed E-state index contributed by atoms with van der Waals surface area (Å²) in [6, 6.07) is 4.94. The van der Waals surface area contributed by atoms with Crippen LogP contribution in [0.3, 0.4) is 0 Å². The quantitative estimate of drug-likeness (QED) is 0.758. The number of hydrogen-bond acceptors (Lipinski definition) is 4. The zero-order valence-electron chi connectivity index (χ0n) is 15.4. The third-order valence-corrected chi connectivity index (χ3v) is 6.84. The SMILES string of the molecule is COC(=O)C1=CN2CCc3c([nH]c4cc(F)ccc34)[C@@H]2[C@@H]2[C@@H](C)[C@@H](O)C[C@H]12. The van der Waals surface area contributed by atoms with Crippen LogP contribution < -0.4 is 0 Å². The Bertz CT molecular complexity index is 966. The number of aliphatic hydroxyl groups is 1. The second-order valence-corrected chi connectivity index (χ2v) is 8.06. The van der Waals surface area contributed by atoms with Crippen molar-refractivity contribution in [2.24, 2.45) is 17.8 Å². The number of carbonyl (C=O) groups excluding carboxylic acids is 1. The average Bonchev–Trinajstić information content (AvgIpc) is 3.17. The fourth-order valence-electron chi connectivity index (χ4n) is 5.57. The number of nitrogens with one attached hydrogen (secondary N) is 1. The molecule has 3 heterocycles. The number of nitrogens with zero attached hydrogens (tertiary/aromatic N) is 1. The van der Waals surface area contributed by atoms with Gasteiger partial charge < -0.3 is 19.7 Å². The molecule has 1 aromatic heterocycles. The van der Waals surface area contributed by atoms with Crippen molar-refractivity contribution >= 4 is 16.9 Å². The molecule has 3 aliphatic rings. The Labute approximate surface area is 156 Å². The van der Waals surface area contributed by atoms with E-state index in [9.17, 15) is 14.3 Å². The van der Waals surface area contributed by atoms with E-state index in [1.807, 2.05) is 12.3 Å². The molecule has 0 spiro atoms. The van der Waals surface area contributed by atoms with Gasteiger partial charge in [0.2, 0.25) is 0 Å². The first-order chi connectivity index (χ1) is 13.0. The highest BCUT2D eigenvalue weighted by molar-refractivity contribution is 5.89. The van der Waals surface area contributed by atoms with Gasteiger partial charge in [-0.05, 0) is 48.4 Å². The summed E-state index contributed by atoms with van der Waals surface area (Å²) in [5, 5.41) is 11.6. The number of carbonyl (C=O) groups is 1. The highest BCUT2D eigenvalue weighted by atomic mass is 19.1. The molecule has 2 aromatic rings. The minimum atomic E-state index is -0.444. The van der Waals surface area contributed by atoms with Crippen LogP contribution >= 0.6 is 0 Å². The number of methoxy groups -OCH3 is 1. The molecule has 2 aliphatic heterocycles. The average molecular weight is 370 g/mol. The number of fused-ring (bicyclic) bond motifs is 7. The number of esters is 1. The van der Waals surface area contributed by atoms with E-state index >= 15 is 0 Å². The number of ether oxygens (including phenoxy) is 1. The van der Waals surface area contributed by atoms with Crippen molar-refractivity contribution in [3.8, 4) is 0 Å².